The van der Waals surface area contributed by atoms with Crippen LogP contribution in [0.4, 0.5) is 19.2 Å². The van der Waals surface area contributed by atoms with Crippen molar-refractivity contribution in [2.24, 2.45) is 0 Å². The first-order valence-electron chi connectivity index (χ1n) is 9.24. The van der Waals surface area contributed by atoms with Crippen LogP contribution in [0, 0.1) is 0 Å². The molecule has 0 fully saturated rings. The van der Waals surface area contributed by atoms with Gasteiger partial charge < -0.3 is 20.1 Å². The van der Waals surface area contributed by atoms with Crippen LogP contribution in [0.5, 0.6) is 0 Å². The van der Waals surface area contributed by atoms with Gasteiger partial charge in [0.05, 0.1) is 37.1 Å². The van der Waals surface area contributed by atoms with Crippen LogP contribution in [0.15, 0.2) is 0 Å². The fraction of sp³-hybridized carbons (Fsp3) is 0.750. The van der Waals surface area contributed by atoms with E-state index in [4.69, 9.17) is 9.47 Å². The SMILES string of the molecule is CCCCOC(=O)NSC(=O)NCCCCNC(=O)SNC(=O)OCCCC. The molecule has 0 bridgehead atoms. The fourth-order valence-corrected chi connectivity index (χ4v) is 2.37. The summed E-state index contributed by atoms with van der Waals surface area (Å²) in [6.07, 6.45) is 3.39. The van der Waals surface area contributed by atoms with Gasteiger partial charge in [-0.05, 0) is 25.7 Å². The van der Waals surface area contributed by atoms with Gasteiger partial charge in [-0.15, -0.1) is 0 Å². The van der Waals surface area contributed by atoms with Gasteiger partial charge in [-0.3, -0.25) is 19.0 Å². The number of rotatable bonds is 11. The van der Waals surface area contributed by atoms with E-state index in [1.807, 2.05) is 13.8 Å². The molecule has 0 saturated carbocycles. The van der Waals surface area contributed by atoms with Gasteiger partial charge in [0.15, 0.2) is 0 Å². The Labute approximate surface area is 174 Å². The molecule has 4 amide bonds. The number of hydrogen-bond acceptors (Lipinski definition) is 8. The second-order valence-corrected chi connectivity index (χ2v) is 7.08. The molecule has 162 valence electrons. The zero-order valence-electron chi connectivity index (χ0n) is 16.3. The number of carbonyl (C=O) groups excluding carboxylic acids is 4. The second kappa shape index (κ2) is 18.5. The molecule has 0 aliphatic heterocycles. The normalized spacial score (nSPS) is 9.93. The number of hydrogen-bond donors (Lipinski definition) is 4. The third-order valence-corrected chi connectivity index (χ3v) is 4.26. The van der Waals surface area contributed by atoms with Crippen LogP contribution in [0.2, 0.25) is 0 Å². The summed E-state index contributed by atoms with van der Waals surface area (Å²) in [4.78, 5) is 45.5. The van der Waals surface area contributed by atoms with Crippen LogP contribution in [0.1, 0.15) is 52.4 Å². The van der Waals surface area contributed by atoms with Crippen molar-refractivity contribution in [2.45, 2.75) is 52.4 Å². The fourth-order valence-electron chi connectivity index (χ4n) is 1.56. The first kappa shape index (κ1) is 26.2. The van der Waals surface area contributed by atoms with Gasteiger partial charge >= 0.3 is 12.2 Å². The van der Waals surface area contributed by atoms with E-state index in [0.29, 0.717) is 63.0 Å². The second-order valence-electron chi connectivity index (χ2n) is 5.52. The van der Waals surface area contributed by atoms with E-state index in [0.717, 1.165) is 25.7 Å². The Morgan fingerprint density at radius 2 is 1.07 bits per heavy atom. The van der Waals surface area contributed by atoms with Gasteiger partial charge in [0.2, 0.25) is 0 Å². The molecule has 10 nitrogen and oxygen atoms in total. The summed E-state index contributed by atoms with van der Waals surface area (Å²) < 4.78 is 14.3. The minimum Gasteiger partial charge on any atom is -0.449 e. The molecule has 0 aromatic rings. The number of carbonyl (C=O) groups is 4. The van der Waals surface area contributed by atoms with Crippen LogP contribution < -0.4 is 20.1 Å². The number of unbranched alkanes of at least 4 members (excludes halogenated alkanes) is 3. The molecule has 0 aliphatic rings. The van der Waals surface area contributed by atoms with Crippen LogP contribution in [0.3, 0.4) is 0 Å². The molecule has 28 heavy (non-hydrogen) atoms. The average Bonchev–Trinajstić information content (AvgIpc) is 2.67. The maximum Gasteiger partial charge on any atom is 0.417 e. The molecule has 0 heterocycles. The number of nitrogens with one attached hydrogen (secondary N) is 4. The molecule has 0 aromatic carbocycles. The van der Waals surface area contributed by atoms with Crippen LogP contribution in [-0.4, -0.2) is 49.0 Å². The molecule has 4 N–H and O–H groups in total. The summed E-state index contributed by atoms with van der Waals surface area (Å²) in [5.41, 5.74) is 0. The largest absolute Gasteiger partial charge is 0.449 e. The van der Waals surface area contributed by atoms with E-state index < -0.39 is 22.7 Å². The topological polar surface area (TPSA) is 135 Å². The van der Waals surface area contributed by atoms with E-state index in [9.17, 15) is 19.2 Å². The van der Waals surface area contributed by atoms with Crippen molar-refractivity contribution < 1.29 is 28.7 Å². The molecular formula is C16H30N4O6S2. The Bertz CT molecular complexity index is 440. The first-order valence-corrected chi connectivity index (χ1v) is 10.9. The molecule has 0 saturated heterocycles. The monoisotopic (exact) mass is 438 g/mol. The summed E-state index contributed by atoms with van der Waals surface area (Å²) in [5.74, 6) is 0. The zero-order chi connectivity index (χ0) is 21.0. The van der Waals surface area contributed by atoms with E-state index in [-0.39, 0.29) is 0 Å². The van der Waals surface area contributed by atoms with Crippen molar-refractivity contribution >= 4 is 46.6 Å². The summed E-state index contributed by atoms with van der Waals surface area (Å²) in [6, 6.07) is 0. The summed E-state index contributed by atoms with van der Waals surface area (Å²) in [5, 5.41) is 4.46. The highest BCUT2D eigenvalue weighted by Crippen LogP contribution is 1.99. The standard InChI is InChI=1S/C16H30N4O6S2/c1-3-5-11-25-13(21)19-27-15(23)17-9-7-8-10-18-16(24)28-20-14(22)26-12-6-4-2/h3-12H2,1-2H3,(H,17,23)(H,18,24)(H,19,21)(H,20,22). The molecule has 0 rings (SSSR count). The first-order chi connectivity index (χ1) is 13.5. The van der Waals surface area contributed by atoms with Crippen molar-refractivity contribution in [1.82, 2.24) is 20.1 Å². The van der Waals surface area contributed by atoms with Crippen molar-refractivity contribution in [3.63, 3.8) is 0 Å². The third-order valence-electron chi connectivity index (χ3n) is 3.06. The molecule has 0 atom stereocenters. The minimum absolute atomic E-state index is 0.323. The predicted octanol–water partition coefficient (Wildman–Crippen LogP) is 3.53. The Morgan fingerprint density at radius 3 is 1.43 bits per heavy atom. The van der Waals surface area contributed by atoms with E-state index in [2.05, 4.69) is 20.1 Å². The quantitative estimate of drug-likeness (QED) is 0.284. The highest BCUT2D eigenvalue weighted by Gasteiger charge is 2.08. The van der Waals surface area contributed by atoms with Crippen molar-refractivity contribution in [3.05, 3.63) is 0 Å². The van der Waals surface area contributed by atoms with Gasteiger partial charge in [0, 0.05) is 13.1 Å². The molecule has 0 aliphatic carbocycles. The van der Waals surface area contributed by atoms with Gasteiger partial charge in [-0.1, -0.05) is 26.7 Å². The number of amides is 4. The maximum absolute atomic E-state index is 11.5. The van der Waals surface area contributed by atoms with Crippen molar-refractivity contribution in [1.29, 1.82) is 0 Å². The minimum atomic E-state index is -0.642. The molecule has 0 radical (unpaired) electrons. The summed E-state index contributed by atoms with van der Waals surface area (Å²) in [7, 11) is 0. The lowest BCUT2D eigenvalue weighted by atomic mass is 10.3. The third kappa shape index (κ3) is 17.6. The van der Waals surface area contributed by atoms with Crippen LogP contribution >= 0.6 is 23.9 Å². The number of ether oxygens (including phenoxy) is 2. The van der Waals surface area contributed by atoms with Gasteiger partial charge in [-0.25, -0.2) is 9.59 Å². The Balaban J connectivity index is 3.52. The van der Waals surface area contributed by atoms with Crippen LogP contribution in [-0.2, 0) is 9.47 Å². The summed E-state index contributed by atoms with van der Waals surface area (Å²) in [6.45, 7) is 5.42. The lowest BCUT2D eigenvalue weighted by Gasteiger charge is -2.07. The average molecular weight is 439 g/mol. The lowest BCUT2D eigenvalue weighted by Crippen LogP contribution is -2.28. The van der Waals surface area contributed by atoms with Crippen molar-refractivity contribution in [3.8, 4) is 0 Å². The van der Waals surface area contributed by atoms with E-state index >= 15 is 0 Å². The molecular weight excluding hydrogens is 408 g/mol. The van der Waals surface area contributed by atoms with E-state index in [1.54, 1.807) is 0 Å². The van der Waals surface area contributed by atoms with Gasteiger partial charge in [-0.2, -0.15) is 0 Å². The zero-order valence-corrected chi connectivity index (χ0v) is 18.0. The Morgan fingerprint density at radius 1 is 0.679 bits per heavy atom. The molecule has 0 spiro atoms. The smallest absolute Gasteiger partial charge is 0.417 e. The maximum atomic E-state index is 11.5. The summed E-state index contributed by atoms with van der Waals surface area (Å²) >= 11 is 1.26. The molecule has 0 aromatic heterocycles. The van der Waals surface area contributed by atoms with Gasteiger partial charge in [0.25, 0.3) is 10.5 Å². The Hall–Kier alpha value is -1.82. The van der Waals surface area contributed by atoms with E-state index in [1.165, 1.54) is 0 Å². The highest BCUT2D eigenvalue weighted by molar-refractivity contribution is 8.12. The molecule has 12 heteroatoms. The van der Waals surface area contributed by atoms with Gasteiger partial charge in [0.1, 0.15) is 0 Å². The predicted molar refractivity (Wildman–Crippen MR) is 110 cm³/mol. The van der Waals surface area contributed by atoms with Crippen LogP contribution in [0.25, 0.3) is 0 Å². The highest BCUT2D eigenvalue weighted by atomic mass is 32.2. The lowest BCUT2D eigenvalue weighted by molar-refractivity contribution is 0.150. The molecule has 0 unspecified atom stereocenters. The van der Waals surface area contributed by atoms with Crippen molar-refractivity contribution in [2.75, 3.05) is 26.3 Å². The Kier molecular flexibility index (Phi) is 17.3.